The van der Waals surface area contributed by atoms with Crippen LogP contribution in [0.1, 0.15) is 35.2 Å². The molecule has 1 heterocycles. The molecular weight excluding hydrogens is 398 g/mol. The van der Waals surface area contributed by atoms with Gasteiger partial charge in [0.1, 0.15) is 0 Å². The van der Waals surface area contributed by atoms with Crippen LogP contribution in [0.5, 0.6) is 0 Å². The molecule has 2 aromatic carbocycles. The van der Waals surface area contributed by atoms with Crippen LogP contribution in [-0.4, -0.2) is 24.3 Å². The third kappa shape index (κ3) is 4.34. The predicted molar refractivity (Wildman–Crippen MR) is 106 cm³/mol. The van der Waals surface area contributed by atoms with Crippen molar-refractivity contribution in [3.8, 4) is 0 Å². The van der Waals surface area contributed by atoms with Crippen molar-refractivity contribution in [2.75, 3.05) is 7.11 Å². The Hall–Kier alpha value is -2.67. The molecule has 4 nitrogen and oxygen atoms in total. The average Bonchev–Trinajstić information content (AvgIpc) is 3.02. The van der Waals surface area contributed by atoms with E-state index < -0.39 is 22.8 Å². The highest BCUT2D eigenvalue weighted by atomic mass is 32.2. The zero-order chi connectivity index (χ0) is 20.9. The van der Waals surface area contributed by atoms with E-state index in [0.29, 0.717) is 29.5 Å². The first-order chi connectivity index (χ1) is 13.9. The van der Waals surface area contributed by atoms with Crippen LogP contribution in [0.4, 0.5) is 8.78 Å². The maximum atomic E-state index is 15.6. The molecule has 2 aromatic rings. The van der Waals surface area contributed by atoms with Gasteiger partial charge in [-0.25, -0.2) is 9.59 Å². The van der Waals surface area contributed by atoms with Gasteiger partial charge < -0.3 is 9.47 Å². The second-order valence-electron chi connectivity index (χ2n) is 6.51. The Labute approximate surface area is 171 Å². The number of ether oxygens (including phenoxy) is 2. The summed E-state index contributed by atoms with van der Waals surface area (Å²) < 4.78 is 41.1. The highest BCUT2D eigenvalue weighted by Gasteiger charge is 2.62. The van der Waals surface area contributed by atoms with Gasteiger partial charge in [-0.2, -0.15) is 8.78 Å². The van der Waals surface area contributed by atoms with Crippen molar-refractivity contribution in [1.82, 2.24) is 0 Å². The summed E-state index contributed by atoms with van der Waals surface area (Å²) in [5.74, 6) is -1.26. The van der Waals surface area contributed by atoms with Crippen molar-refractivity contribution in [1.29, 1.82) is 0 Å². The minimum absolute atomic E-state index is 0.0892. The van der Waals surface area contributed by atoms with E-state index in [0.717, 1.165) is 0 Å². The molecule has 3 rings (SSSR count). The van der Waals surface area contributed by atoms with Crippen LogP contribution in [0.3, 0.4) is 0 Å². The second kappa shape index (κ2) is 8.78. The zero-order valence-electron chi connectivity index (χ0n) is 15.8. The molecule has 0 spiro atoms. The van der Waals surface area contributed by atoms with E-state index >= 15 is 8.78 Å². The Morgan fingerprint density at radius 1 is 1.17 bits per heavy atom. The lowest BCUT2D eigenvalue weighted by molar-refractivity contribution is -0.134. The number of alkyl halides is 2. The topological polar surface area (TPSA) is 52.6 Å². The normalized spacial score (nSPS) is 18.5. The van der Waals surface area contributed by atoms with Gasteiger partial charge in [-0.15, -0.1) is 0 Å². The van der Waals surface area contributed by atoms with Crippen LogP contribution in [0.15, 0.2) is 71.6 Å². The molecule has 7 heteroatoms. The van der Waals surface area contributed by atoms with Gasteiger partial charge in [-0.3, -0.25) is 0 Å². The average molecular weight is 418 g/mol. The number of cyclic esters (lactones) is 1. The Bertz CT molecular complexity index is 914. The minimum Gasteiger partial charge on any atom is -0.466 e. The number of hydrogen-bond acceptors (Lipinski definition) is 5. The van der Waals surface area contributed by atoms with Crippen molar-refractivity contribution < 1.29 is 27.8 Å². The number of benzene rings is 2. The second-order valence-corrected chi connectivity index (χ2v) is 7.70. The molecule has 152 valence electrons. The van der Waals surface area contributed by atoms with E-state index in [2.05, 4.69) is 4.74 Å². The monoisotopic (exact) mass is 418 g/mol. The van der Waals surface area contributed by atoms with Crippen molar-refractivity contribution in [3.05, 3.63) is 77.9 Å². The summed E-state index contributed by atoms with van der Waals surface area (Å²) in [6, 6.07) is 14.5. The van der Waals surface area contributed by atoms with E-state index in [1.807, 2.05) is 0 Å². The predicted octanol–water partition coefficient (Wildman–Crippen LogP) is 5.34. The van der Waals surface area contributed by atoms with Gasteiger partial charge in [0.15, 0.2) is 0 Å². The molecule has 1 unspecified atom stereocenters. The first-order valence-electron chi connectivity index (χ1n) is 9.09. The summed E-state index contributed by atoms with van der Waals surface area (Å²) in [6.45, 7) is 0. The number of carbonyl (C=O) groups excluding carboxylic acids is 2. The number of rotatable bonds is 8. The molecule has 0 amide bonds. The number of esters is 2. The fraction of sp³-hybridized carbons (Fsp3) is 0.273. The summed E-state index contributed by atoms with van der Waals surface area (Å²) >= 11 is 0.377. The lowest BCUT2D eigenvalue weighted by atomic mass is 9.87. The summed E-state index contributed by atoms with van der Waals surface area (Å²) in [6.07, 6.45) is 3.37. The Morgan fingerprint density at radius 3 is 2.59 bits per heavy atom. The van der Waals surface area contributed by atoms with Gasteiger partial charge in [0.2, 0.25) is 5.60 Å². The highest BCUT2D eigenvalue weighted by molar-refractivity contribution is 8.00. The smallest absolute Gasteiger partial charge is 0.341 e. The summed E-state index contributed by atoms with van der Waals surface area (Å²) in [4.78, 5) is 23.9. The fourth-order valence-electron chi connectivity index (χ4n) is 3.26. The summed E-state index contributed by atoms with van der Waals surface area (Å²) in [7, 11) is 1.26. The number of fused-ring (bicyclic) bond motifs is 1. The summed E-state index contributed by atoms with van der Waals surface area (Å²) in [5.41, 5.74) is -1.73. The van der Waals surface area contributed by atoms with Crippen molar-refractivity contribution in [2.24, 2.45) is 0 Å². The van der Waals surface area contributed by atoms with Gasteiger partial charge >= 0.3 is 17.2 Å². The van der Waals surface area contributed by atoms with Crippen LogP contribution < -0.4 is 0 Å². The summed E-state index contributed by atoms with van der Waals surface area (Å²) in [5, 5.41) is -3.40. The third-order valence-corrected chi connectivity index (χ3v) is 5.76. The van der Waals surface area contributed by atoms with Crippen molar-refractivity contribution in [3.63, 3.8) is 0 Å². The molecular formula is C22H20F2O4S. The standard InChI is InChI=1S/C22H20F2O4S/c1-27-19(25)14-6-3-9-15-21(18-13-8-7-12-17(18)20(26)28-21)22(23,24)29-16-10-4-2-5-11-16/h2,4-8,10-14H,3,9,15H2,1H3/b14-6+. The highest BCUT2D eigenvalue weighted by Crippen LogP contribution is 2.56. The lowest BCUT2D eigenvalue weighted by Gasteiger charge is -2.36. The number of unbranched alkanes of at least 4 members (excludes halogenated alkanes) is 1. The lowest BCUT2D eigenvalue weighted by Crippen LogP contribution is -2.43. The van der Waals surface area contributed by atoms with E-state index in [9.17, 15) is 9.59 Å². The van der Waals surface area contributed by atoms with Crippen LogP contribution in [0.25, 0.3) is 0 Å². The van der Waals surface area contributed by atoms with Gasteiger partial charge in [-0.05, 0) is 49.2 Å². The quantitative estimate of drug-likeness (QED) is 0.251. The fourth-order valence-corrected chi connectivity index (χ4v) is 4.27. The maximum Gasteiger partial charge on any atom is 0.341 e. The van der Waals surface area contributed by atoms with Crippen LogP contribution >= 0.6 is 11.8 Å². The Morgan fingerprint density at radius 2 is 1.86 bits per heavy atom. The SMILES string of the molecule is COC(=O)/C=C/CCCC1(C(F)(F)Sc2ccccc2)OC(=O)c2ccccc21. The van der Waals surface area contributed by atoms with E-state index in [1.54, 1.807) is 48.5 Å². The first kappa shape index (κ1) is 21.0. The number of halogens is 2. The number of carbonyl (C=O) groups is 2. The van der Waals surface area contributed by atoms with Gasteiger partial charge in [0.25, 0.3) is 0 Å². The van der Waals surface area contributed by atoms with E-state index in [1.165, 1.54) is 25.3 Å². The molecule has 1 aliphatic rings. The van der Waals surface area contributed by atoms with E-state index in [4.69, 9.17) is 4.74 Å². The number of allylic oxidation sites excluding steroid dienone is 1. The van der Waals surface area contributed by atoms with Gasteiger partial charge in [0, 0.05) is 16.5 Å². The largest absolute Gasteiger partial charge is 0.466 e. The third-order valence-electron chi connectivity index (χ3n) is 4.66. The molecule has 0 radical (unpaired) electrons. The molecule has 0 bridgehead atoms. The molecule has 29 heavy (non-hydrogen) atoms. The molecule has 0 aromatic heterocycles. The molecule has 0 N–H and O–H groups in total. The number of methoxy groups -OCH3 is 1. The van der Waals surface area contributed by atoms with Gasteiger partial charge in [-0.1, -0.05) is 42.5 Å². The van der Waals surface area contributed by atoms with Crippen LogP contribution in [-0.2, 0) is 19.9 Å². The zero-order valence-corrected chi connectivity index (χ0v) is 16.6. The molecule has 0 saturated carbocycles. The number of hydrogen-bond donors (Lipinski definition) is 0. The van der Waals surface area contributed by atoms with Crippen molar-refractivity contribution >= 4 is 23.7 Å². The minimum atomic E-state index is -3.40. The molecule has 1 atom stereocenters. The Kier molecular flexibility index (Phi) is 6.37. The molecule has 0 aliphatic carbocycles. The number of thioether (sulfide) groups is 1. The maximum absolute atomic E-state index is 15.6. The molecule has 0 saturated heterocycles. The van der Waals surface area contributed by atoms with Crippen LogP contribution in [0.2, 0.25) is 0 Å². The van der Waals surface area contributed by atoms with Crippen molar-refractivity contribution in [2.45, 2.75) is 35.0 Å². The van der Waals surface area contributed by atoms with Crippen LogP contribution in [0, 0.1) is 0 Å². The Balaban J connectivity index is 1.90. The molecule has 1 aliphatic heterocycles. The first-order valence-corrected chi connectivity index (χ1v) is 9.90. The van der Waals surface area contributed by atoms with E-state index in [-0.39, 0.29) is 17.5 Å². The van der Waals surface area contributed by atoms with Gasteiger partial charge in [0.05, 0.1) is 12.7 Å². The molecule has 0 fully saturated rings.